The molecule has 0 heterocycles. The molecule has 0 aliphatic rings. The van der Waals surface area contributed by atoms with Crippen LogP contribution in [0.4, 0.5) is 5.69 Å². The highest BCUT2D eigenvalue weighted by Crippen LogP contribution is 2.24. The highest BCUT2D eigenvalue weighted by molar-refractivity contribution is 6.39. The number of hydrogen-bond acceptors (Lipinski definition) is 3. The summed E-state index contributed by atoms with van der Waals surface area (Å²) in [6.07, 6.45) is 0. The van der Waals surface area contributed by atoms with Crippen LogP contribution in [-0.2, 0) is 9.59 Å². The van der Waals surface area contributed by atoms with E-state index in [4.69, 9.17) is 0 Å². The zero-order valence-electron chi connectivity index (χ0n) is 14.8. The Morgan fingerprint density at radius 3 is 1.89 bits per heavy atom. The molecule has 3 rings (SSSR count). The number of nitrogens with one attached hydrogen (secondary N) is 2. The summed E-state index contributed by atoms with van der Waals surface area (Å²) in [5.74, 6) is -1.71. The quantitative estimate of drug-likeness (QED) is 0.492. The topological polar surface area (TPSA) is 78.4 Å². The van der Waals surface area contributed by atoms with Crippen molar-refractivity contribution in [2.24, 2.45) is 0 Å². The molecule has 5 heteroatoms. The number of benzene rings is 3. The van der Waals surface area contributed by atoms with Gasteiger partial charge in [-0.25, -0.2) is 0 Å². The second-order valence-electron chi connectivity index (χ2n) is 6.20. The molecule has 0 atom stereocenters. The van der Waals surface area contributed by atoms with E-state index < -0.39 is 17.9 Å². The summed E-state index contributed by atoms with van der Waals surface area (Å²) in [7, 11) is 0. The van der Waals surface area contributed by atoms with Crippen LogP contribution in [0.3, 0.4) is 0 Å². The van der Waals surface area contributed by atoms with Gasteiger partial charge in [0, 0.05) is 0 Å². The van der Waals surface area contributed by atoms with Crippen LogP contribution < -0.4 is 10.6 Å². The summed E-state index contributed by atoms with van der Waals surface area (Å²) in [6.45, 7) is 1.82. The molecule has 3 aromatic rings. The van der Waals surface area contributed by atoms with Gasteiger partial charge >= 0.3 is 11.8 Å². The zero-order valence-corrected chi connectivity index (χ0v) is 14.8. The molecule has 0 aliphatic carbocycles. The van der Waals surface area contributed by atoms with Gasteiger partial charge in [-0.1, -0.05) is 66.7 Å². The minimum Gasteiger partial charge on any atom is -0.506 e. The highest BCUT2D eigenvalue weighted by Gasteiger charge is 2.22. The fraction of sp³-hybridized carbons (Fsp3) is 0.0909. The lowest BCUT2D eigenvalue weighted by Gasteiger charge is -2.19. The number of aromatic hydroxyl groups is 1. The van der Waals surface area contributed by atoms with Gasteiger partial charge < -0.3 is 15.7 Å². The largest absolute Gasteiger partial charge is 0.506 e. The minimum absolute atomic E-state index is 0.0844. The van der Waals surface area contributed by atoms with Gasteiger partial charge in [0.1, 0.15) is 5.75 Å². The first-order chi connectivity index (χ1) is 13.0. The van der Waals surface area contributed by atoms with E-state index in [1.54, 1.807) is 12.1 Å². The minimum atomic E-state index is -0.842. The molecule has 0 unspecified atom stereocenters. The number of phenolic OH excluding ortho intramolecular Hbond substituents is 1. The lowest BCUT2D eigenvalue weighted by Crippen LogP contribution is -2.38. The molecule has 0 aromatic heterocycles. The molecule has 3 N–H and O–H groups in total. The number of phenols is 1. The second kappa shape index (κ2) is 8.19. The molecule has 136 valence electrons. The molecule has 3 aromatic carbocycles. The predicted octanol–water partition coefficient (Wildman–Crippen LogP) is 3.54. The maximum Gasteiger partial charge on any atom is 0.313 e. The van der Waals surface area contributed by atoms with Crippen LogP contribution in [0.1, 0.15) is 22.7 Å². The van der Waals surface area contributed by atoms with Crippen molar-refractivity contribution < 1.29 is 14.7 Å². The van der Waals surface area contributed by atoms with Crippen LogP contribution in [0.15, 0.2) is 78.9 Å². The van der Waals surface area contributed by atoms with E-state index in [0.717, 1.165) is 16.7 Å². The van der Waals surface area contributed by atoms with Crippen molar-refractivity contribution in [2.45, 2.75) is 13.0 Å². The Morgan fingerprint density at radius 2 is 1.37 bits per heavy atom. The summed E-state index contributed by atoms with van der Waals surface area (Å²) < 4.78 is 0. The van der Waals surface area contributed by atoms with Gasteiger partial charge in [-0.05, 0) is 35.7 Å². The standard InChI is InChI=1S/C22H20N2O3/c1-15-12-13-18(19(25)14-15)23-21(26)22(27)24-20(16-8-4-2-5-9-16)17-10-6-3-7-11-17/h2-14,20,25H,1H3,(H,23,26)(H,24,27). The Bertz CT molecular complexity index is 901. The van der Waals surface area contributed by atoms with Gasteiger partial charge in [0.2, 0.25) is 0 Å². The average Bonchev–Trinajstić information content (AvgIpc) is 2.69. The van der Waals surface area contributed by atoms with Gasteiger partial charge in [0.05, 0.1) is 11.7 Å². The van der Waals surface area contributed by atoms with Crippen molar-refractivity contribution >= 4 is 17.5 Å². The van der Waals surface area contributed by atoms with Crippen LogP contribution in [0.2, 0.25) is 0 Å². The molecule has 0 radical (unpaired) electrons. The fourth-order valence-electron chi connectivity index (χ4n) is 2.77. The third-order valence-electron chi connectivity index (χ3n) is 4.15. The lowest BCUT2D eigenvalue weighted by atomic mass is 9.99. The van der Waals surface area contributed by atoms with E-state index in [9.17, 15) is 14.7 Å². The number of anilines is 1. The first-order valence-electron chi connectivity index (χ1n) is 8.56. The molecule has 0 aliphatic heterocycles. The van der Waals surface area contributed by atoms with E-state index in [1.165, 1.54) is 6.07 Å². The summed E-state index contributed by atoms with van der Waals surface area (Å²) in [5.41, 5.74) is 2.77. The maximum atomic E-state index is 12.5. The Balaban J connectivity index is 1.79. The van der Waals surface area contributed by atoms with Gasteiger partial charge in [-0.3, -0.25) is 9.59 Å². The van der Waals surface area contributed by atoms with E-state index >= 15 is 0 Å². The molecule has 2 amide bonds. The second-order valence-corrected chi connectivity index (χ2v) is 6.20. The van der Waals surface area contributed by atoms with Gasteiger partial charge in [0.15, 0.2) is 0 Å². The fourth-order valence-corrected chi connectivity index (χ4v) is 2.77. The summed E-state index contributed by atoms with van der Waals surface area (Å²) >= 11 is 0. The number of aryl methyl sites for hydroxylation is 1. The molecule has 0 saturated heterocycles. The Labute approximate surface area is 157 Å². The zero-order chi connectivity index (χ0) is 19.2. The highest BCUT2D eigenvalue weighted by atomic mass is 16.3. The molecule has 0 saturated carbocycles. The van der Waals surface area contributed by atoms with Gasteiger partial charge in [-0.15, -0.1) is 0 Å². The normalized spacial score (nSPS) is 10.4. The maximum absolute atomic E-state index is 12.5. The van der Waals surface area contributed by atoms with Crippen molar-refractivity contribution in [3.63, 3.8) is 0 Å². The molecule has 0 spiro atoms. The van der Waals surface area contributed by atoms with Crippen LogP contribution in [0, 0.1) is 6.92 Å². The first-order valence-corrected chi connectivity index (χ1v) is 8.56. The van der Waals surface area contributed by atoms with Crippen molar-refractivity contribution in [3.8, 4) is 5.75 Å². The monoisotopic (exact) mass is 360 g/mol. The van der Waals surface area contributed by atoms with E-state index in [2.05, 4.69) is 10.6 Å². The summed E-state index contributed by atoms with van der Waals surface area (Å²) in [6, 6.07) is 23.2. The Morgan fingerprint density at radius 1 is 0.815 bits per heavy atom. The van der Waals surface area contributed by atoms with Crippen molar-refractivity contribution in [1.82, 2.24) is 5.32 Å². The smallest absolute Gasteiger partial charge is 0.313 e. The number of hydrogen-bond donors (Lipinski definition) is 3. The van der Waals surface area contributed by atoms with Gasteiger partial charge in [-0.2, -0.15) is 0 Å². The van der Waals surface area contributed by atoms with Crippen molar-refractivity contribution in [1.29, 1.82) is 0 Å². The van der Waals surface area contributed by atoms with Crippen LogP contribution in [0.25, 0.3) is 0 Å². The third-order valence-corrected chi connectivity index (χ3v) is 4.15. The average molecular weight is 360 g/mol. The van der Waals surface area contributed by atoms with Crippen LogP contribution >= 0.6 is 0 Å². The molecule has 0 fully saturated rings. The van der Waals surface area contributed by atoms with Crippen molar-refractivity contribution in [3.05, 3.63) is 95.6 Å². The molecule has 0 bridgehead atoms. The lowest BCUT2D eigenvalue weighted by molar-refractivity contribution is -0.136. The van der Waals surface area contributed by atoms with Crippen molar-refractivity contribution in [2.75, 3.05) is 5.32 Å². The molecule has 5 nitrogen and oxygen atoms in total. The molecule has 27 heavy (non-hydrogen) atoms. The third kappa shape index (κ3) is 4.52. The number of amides is 2. The van der Waals surface area contributed by atoms with E-state index in [1.807, 2.05) is 67.6 Å². The van der Waals surface area contributed by atoms with Crippen LogP contribution in [-0.4, -0.2) is 16.9 Å². The van der Waals surface area contributed by atoms with Crippen LogP contribution in [0.5, 0.6) is 5.75 Å². The summed E-state index contributed by atoms with van der Waals surface area (Å²) in [4.78, 5) is 24.8. The number of rotatable bonds is 4. The summed E-state index contributed by atoms with van der Waals surface area (Å²) in [5, 5.41) is 15.1. The van der Waals surface area contributed by atoms with Gasteiger partial charge in [0.25, 0.3) is 0 Å². The Kier molecular flexibility index (Phi) is 5.52. The van der Waals surface area contributed by atoms with E-state index in [0.29, 0.717) is 0 Å². The number of carbonyl (C=O) groups is 2. The number of carbonyl (C=O) groups excluding carboxylic acids is 2. The molecular formula is C22H20N2O3. The molecular weight excluding hydrogens is 340 g/mol. The predicted molar refractivity (Wildman–Crippen MR) is 104 cm³/mol. The SMILES string of the molecule is Cc1ccc(NC(=O)C(=O)NC(c2ccccc2)c2ccccc2)c(O)c1. The van der Waals surface area contributed by atoms with E-state index in [-0.39, 0.29) is 11.4 Å². The Hall–Kier alpha value is -3.60. The first kappa shape index (κ1) is 18.2.